The van der Waals surface area contributed by atoms with E-state index in [0.717, 1.165) is 44.5 Å². The third-order valence-electron chi connectivity index (χ3n) is 4.72. The summed E-state index contributed by atoms with van der Waals surface area (Å²) < 4.78 is 39.9. The number of amides is 2. The van der Waals surface area contributed by atoms with Crippen molar-refractivity contribution in [3.8, 4) is 0 Å². The second-order valence-electron chi connectivity index (χ2n) is 6.82. The van der Waals surface area contributed by atoms with E-state index in [1.807, 2.05) is 6.92 Å². The first-order valence-corrected chi connectivity index (χ1v) is 9.34. The number of hydrogen-bond acceptors (Lipinski definition) is 3. The van der Waals surface area contributed by atoms with Gasteiger partial charge in [-0.15, -0.1) is 12.4 Å². The van der Waals surface area contributed by atoms with Crippen LogP contribution in [0.4, 0.5) is 18.9 Å². The molecule has 2 rings (SSSR count). The van der Waals surface area contributed by atoms with Crippen LogP contribution in [0.25, 0.3) is 0 Å². The topological polar surface area (TPSA) is 61.4 Å². The Hall–Kier alpha value is -1.80. The van der Waals surface area contributed by atoms with Crippen molar-refractivity contribution in [2.24, 2.45) is 5.92 Å². The number of piperidine rings is 1. The van der Waals surface area contributed by atoms with Crippen LogP contribution in [-0.2, 0) is 9.59 Å². The SMILES string of the molecule is CCCN(CC(=O)Nc1ccc(F)c(F)c1F)C(=O)CCC1CCNCC1.Cl. The summed E-state index contributed by atoms with van der Waals surface area (Å²) in [6.07, 6.45) is 3.89. The summed E-state index contributed by atoms with van der Waals surface area (Å²) in [7, 11) is 0. The Morgan fingerprint density at radius 1 is 1.18 bits per heavy atom. The van der Waals surface area contributed by atoms with Gasteiger partial charge in [0.1, 0.15) is 0 Å². The van der Waals surface area contributed by atoms with E-state index in [0.29, 0.717) is 25.3 Å². The van der Waals surface area contributed by atoms with Crippen molar-refractivity contribution < 1.29 is 22.8 Å². The van der Waals surface area contributed by atoms with Gasteiger partial charge in [0.05, 0.1) is 12.2 Å². The van der Waals surface area contributed by atoms with Crippen LogP contribution < -0.4 is 10.6 Å². The molecule has 0 aliphatic carbocycles. The highest BCUT2D eigenvalue weighted by Gasteiger charge is 2.21. The van der Waals surface area contributed by atoms with Gasteiger partial charge in [-0.2, -0.15) is 0 Å². The first-order valence-electron chi connectivity index (χ1n) is 9.34. The van der Waals surface area contributed by atoms with Crippen molar-refractivity contribution in [3.63, 3.8) is 0 Å². The van der Waals surface area contributed by atoms with E-state index >= 15 is 0 Å². The third-order valence-corrected chi connectivity index (χ3v) is 4.72. The lowest BCUT2D eigenvalue weighted by Crippen LogP contribution is -2.39. The van der Waals surface area contributed by atoms with Gasteiger partial charge in [-0.05, 0) is 56.8 Å². The smallest absolute Gasteiger partial charge is 0.244 e. The molecule has 1 aromatic carbocycles. The molecular formula is C19H27ClF3N3O2. The highest BCUT2D eigenvalue weighted by Crippen LogP contribution is 2.20. The van der Waals surface area contributed by atoms with E-state index in [2.05, 4.69) is 10.6 Å². The van der Waals surface area contributed by atoms with Gasteiger partial charge < -0.3 is 15.5 Å². The molecule has 1 heterocycles. The third kappa shape index (κ3) is 6.98. The van der Waals surface area contributed by atoms with Crippen molar-refractivity contribution >= 4 is 29.9 Å². The molecule has 0 spiro atoms. The minimum Gasteiger partial charge on any atom is -0.333 e. The summed E-state index contributed by atoms with van der Waals surface area (Å²) >= 11 is 0. The Labute approximate surface area is 169 Å². The second-order valence-corrected chi connectivity index (χ2v) is 6.82. The summed E-state index contributed by atoms with van der Waals surface area (Å²) in [6, 6.07) is 1.69. The van der Waals surface area contributed by atoms with Gasteiger partial charge in [-0.25, -0.2) is 13.2 Å². The largest absolute Gasteiger partial charge is 0.333 e. The molecule has 0 radical (unpaired) electrons. The van der Waals surface area contributed by atoms with Crippen LogP contribution in [0.2, 0.25) is 0 Å². The summed E-state index contributed by atoms with van der Waals surface area (Å²) in [6.45, 7) is 3.95. The van der Waals surface area contributed by atoms with E-state index in [4.69, 9.17) is 0 Å². The standard InChI is InChI=1S/C19H26F3N3O2.ClH/c1-2-11-25(17(27)6-3-13-7-9-23-10-8-13)12-16(26)24-15-5-4-14(20)18(21)19(15)22;/h4-5,13,23H,2-3,6-12H2,1H3,(H,24,26);1H. The molecule has 0 atom stereocenters. The molecule has 9 heteroatoms. The predicted molar refractivity (Wildman–Crippen MR) is 104 cm³/mol. The fraction of sp³-hybridized carbons (Fsp3) is 0.579. The van der Waals surface area contributed by atoms with Gasteiger partial charge >= 0.3 is 0 Å². The zero-order valence-corrected chi connectivity index (χ0v) is 16.7. The minimum absolute atomic E-state index is 0. The average molecular weight is 422 g/mol. The molecule has 0 bridgehead atoms. The van der Waals surface area contributed by atoms with Gasteiger partial charge in [0.15, 0.2) is 17.5 Å². The number of hydrogen-bond donors (Lipinski definition) is 2. The van der Waals surface area contributed by atoms with Crippen molar-refractivity contribution in [3.05, 3.63) is 29.6 Å². The minimum atomic E-state index is -1.64. The van der Waals surface area contributed by atoms with Crippen LogP contribution in [0.1, 0.15) is 39.0 Å². The normalized spacial score (nSPS) is 14.3. The lowest BCUT2D eigenvalue weighted by Gasteiger charge is -2.25. The van der Waals surface area contributed by atoms with Crippen LogP contribution in [0.5, 0.6) is 0 Å². The zero-order chi connectivity index (χ0) is 19.8. The fourth-order valence-corrected chi connectivity index (χ4v) is 3.20. The molecule has 1 fully saturated rings. The molecule has 1 saturated heterocycles. The molecule has 0 saturated carbocycles. The van der Waals surface area contributed by atoms with Crippen molar-refractivity contribution in [1.82, 2.24) is 10.2 Å². The number of nitrogens with zero attached hydrogens (tertiary/aromatic N) is 1. The molecule has 2 amide bonds. The first-order chi connectivity index (χ1) is 12.9. The maximum absolute atomic E-state index is 13.7. The van der Waals surface area contributed by atoms with E-state index in [1.165, 1.54) is 4.90 Å². The van der Waals surface area contributed by atoms with Gasteiger partial charge in [0.25, 0.3) is 0 Å². The number of benzene rings is 1. The van der Waals surface area contributed by atoms with Crippen LogP contribution in [0, 0.1) is 23.4 Å². The number of anilines is 1. The first kappa shape index (κ1) is 24.2. The van der Waals surface area contributed by atoms with Crippen molar-refractivity contribution in [2.75, 3.05) is 31.5 Å². The van der Waals surface area contributed by atoms with E-state index in [1.54, 1.807) is 0 Å². The van der Waals surface area contributed by atoms with Gasteiger partial charge in [-0.1, -0.05) is 6.92 Å². The van der Waals surface area contributed by atoms with Crippen LogP contribution in [-0.4, -0.2) is 42.9 Å². The van der Waals surface area contributed by atoms with Crippen LogP contribution in [0.3, 0.4) is 0 Å². The quantitative estimate of drug-likeness (QED) is 0.632. The summed E-state index contributed by atoms with van der Waals surface area (Å²) in [5, 5.41) is 5.48. The molecule has 28 heavy (non-hydrogen) atoms. The maximum Gasteiger partial charge on any atom is 0.244 e. The lowest BCUT2D eigenvalue weighted by atomic mass is 9.93. The number of halogens is 4. The van der Waals surface area contributed by atoms with Crippen molar-refractivity contribution in [2.45, 2.75) is 39.0 Å². The Morgan fingerprint density at radius 3 is 2.50 bits per heavy atom. The van der Waals surface area contributed by atoms with Gasteiger partial charge in [0.2, 0.25) is 11.8 Å². The highest BCUT2D eigenvalue weighted by atomic mass is 35.5. The number of nitrogens with one attached hydrogen (secondary N) is 2. The van der Waals surface area contributed by atoms with Crippen molar-refractivity contribution in [1.29, 1.82) is 0 Å². The highest BCUT2D eigenvalue weighted by molar-refractivity contribution is 5.94. The lowest BCUT2D eigenvalue weighted by molar-refractivity contribution is -0.135. The maximum atomic E-state index is 13.7. The summed E-state index contributed by atoms with van der Waals surface area (Å²) in [5.74, 6) is -4.70. The molecule has 1 aliphatic rings. The monoisotopic (exact) mass is 421 g/mol. The molecule has 1 aliphatic heterocycles. The predicted octanol–water partition coefficient (Wildman–Crippen LogP) is 3.48. The second kappa shape index (κ2) is 11.9. The average Bonchev–Trinajstić information content (AvgIpc) is 2.67. The van der Waals surface area contributed by atoms with E-state index in [-0.39, 0.29) is 24.9 Å². The molecule has 0 unspecified atom stereocenters. The summed E-state index contributed by atoms with van der Waals surface area (Å²) in [5.41, 5.74) is -0.447. The Kier molecular flexibility index (Phi) is 10.3. The summed E-state index contributed by atoms with van der Waals surface area (Å²) in [4.78, 5) is 26.1. The molecule has 0 aromatic heterocycles. The van der Waals surface area contributed by atoms with Crippen LogP contribution in [0.15, 0.2) is 12.1 Å². The Balaban J connectivity index is 0.00000392. The zero-order valence-electron chi connectivity index (χ0n) is 15.9. The van der Waals surface area contributed by atoms with E-state index < -0.39 is 29.0 Å². The number of rotatable bonds is 8. The van der Waals surface area contributed by atoms with Crippen LogP contribution >= 0.6 is 12.4 Å². The van der Waals surface area contributed by atoms with Gasteiger partial charge in [0, 0.05) is 13.0 Å². The fourth-order valence-electron chi connectivity index (χ4n) is 3.20. The number of carbonyl (C=O) groups excluding carboxylic acids is 2. The Bertz CT molecular complexity index is 670. The van der Waals surface area contributed by atoms with E-state index in [9.17, 15) is 22.8 Å². The molecule has 1 aromatic rings. The molecular weight excluding hydrogens is 395 g/mol. The molecule has 2 N–H and O–H groups in total. The molecule has 158 valence electrons. The Morgan fingerprint density at radius 2 is 1.86 bits per heavy atom. The van der Waals surface area contributed by atoms with Gasteiger partial charge in [-0.3, -0.25) is 9.59 Å². The molecule has 5 nitrogen and oxygen atoms in total. The number of carbonyl (C=O) groups is 2.